The molecule has 1 aromatic rings. The number of aromatic nitrogens is 2. The maximum absolute atomic E-state index is 5.94. The Balaban J connectivity index is 2.00. The van der Waals surface area contributed by atoms with Crippen molar-refractivity contribution in [3.05, 3.63) is 18.0 Å². The fourth-order valence-electron chi connectivity index (χ4n) is 3.31. The summed E-state index contributed by atoms with van der Waals surface area (Å²) >= 11 is 0. The third-order valence-electron chi connectivity index (χ3n) is 4.88. The maximum atomic E-state index is 5.94. The first-order chi connectivity index (χ1) is 9.13. The molecule has 2 rings (SSSR count). The molecule has 4 atom stereocenters. The van der Waals surface area contributed by atoms with E-state index in [4.69, 9.17) is 10.8 Å². The minimum Gasteiger partial charge on any atom is -0.330 e. The lowest BCUT2D eigenvalue weighted by molar-refractivity contribution is 0.192. The third-order valence-corrected chi connectivity index (χ3v) is 4.88. The Labute approximate surface area is 117 Å². The topological polar surface area (TPSA) is 43.8 Å². The molecule has 4 unspecified atom stereocenters. The summed E-state index contributed by atoms with van der Waals surface area (Å²) in [6.07, 6.45) is 8.34. The highest BCUT2D eigenvalue weighted by Crippen LogP contribution is 2.35. The van der Waals surface area contributed by atoms with Gasteiger partial charge in [0.15, 0.2) is 0 Å². The van der Waals surface area contributed by atoms with Gasteiger partial charge in [0, 0.05) is 12.2 Å². The van der Waals surface area contributed by atoms with Gasteiger partial charge in [-0.25, -0.2) is 0 Å². The molecule has 108 valence electrons. The van der Waals surface area contributed by atoms with E-state index in [2.05, 4.69) is 37.7 Å². The number of nitrogens with two attached hydrogens (primary N) is 1. The average molecular weight is 263 g/mol. The lowest BCUT2D eigenvalue weighted by Gasteiger charge is -2.33. The summed E-state index contributed by atoms with van der Waals surface area (Å²) in [6.45, 7) is 7.64. The quantitative estimate of drug-likeness (QED) is 0.884. The Morgan fingerprint density at radius 2 is 2.21 bits per heavy atom. The molecule has 3 heteroatoms. The number of hydrogen-bond acceptors (Lipinski definition) is 2. The van der Waals surface area contributed by atoms with E-state index in [9.17, 15) is 0 Å². The zero-order valence-electron chi connectivity index (χ0n) is 12.7. The highest BCUT2D eigenvalue weighted by atomic mass is 15.3. The molecule has 0 aliphatic heterocycles. The van der Waals surface area contributed by atoms with E-state index in [-0.39, 0.29) is 0 Å². The van der Waals surface area contributed by atoms with Crippen LogP contribution < -0.4 is 5.73 Å². The standard InChI is InChI=1S/C16H29N3/c1-4-13(3)19-8-7-16(18-19)10-15-9-12(2)5-6-14(15)11-17/h7-8,12-15H,4-6,9-11,17H2,1-3H3. The van der Waals surface area contributed by atoms with Gasteiger partial charge in [-0.2, -0.15) is 5.10 Å². The fraction of sp³-hybridized carbons (Fsp3) is 0.812. The van der Waals surface area contributed by atoms with Crippen molar-refractivity contribution in [2.45, 2.75) is 58.9 Å². The Kier molecular flexibility index (Phi) is 5.03. The van der Waals surface area contributed by atoms with Gasteiger partial charge in [0.25, 0.3) is 0 Å². The van der Waals surface area contributed by atoms with E-state index >= 15 is 0 Å². The van der Waals surface area contributed by atoms with Crippen molar-refractivity contribution in [2.75, 3.05) is 6.54 Å². The van der Waals surface area contributed by atoms with E-state index in [1.54, 1.807) is 0 Å². The van der Waals surface area contributed by atoms with Crippen LogP contribution in [0.25, 0.3) is 0 Å². The molecule has 1 aliphatic rings. The zero-order chi connectivity index (χ0) is 13.8. The highest BCUT2D eigenvalue weighted by Gasteiger charge is 2.28. The first kappa shape index (κ1) is 14.6. The van der Waals surface area contributed by atoms with Crippen LogP contribution in [0.15, 0.2) is 12.3 Å². The minimum atomic E-state index is 0.504. The zero-order valence-corrected chi connectivity index (χ0v) is 12.7. The molecule has 1 aromatic heterocycles. The van der Waals surface area contributed by atoms with Crippen LogP contribution in [-0.2, 0) is 6.42 Å². The van der Waals surface area contributed by atoms with Crippen molar-refractivity contribution >= 4 is 0 Å². The van der Waals surface area contributed by atoms with Crippen molar-refractivity contribution in [1.82, 2.24) is 9.78 Å². The molecule has 1 aliphatic carbocycles. The molecule has 0 spiro atoms. The molecule has 19 heavy (non-hydrogen) atoms. The van der Waals surface area contributed by atoms with Gasteiger partial charge < -0.3 is 5.73 Å². The smallest absolute Gasteiger partial charge is 0.0627 e. The molecule has 1 saturated carbocycles. The van der Waals surface area contributed by atoms with Gasteiger partial charge >= 0.3 is 0 Å². The predicted molar refractivity (Wildman–Crippen MR) is 80.0 cm³/mol. The molecule has 0 bridgehead atoms. The Morgan fingerprint density at radius 1 is 1.42 bits per heavy atom. The van der Waals surface area contributed by atoms with Crippen molar-refractivity contribution < 1.29 is 0 Å². The molecular formula is C16H29N3. The predicted octanol–water partition coefficient (Wildman–Crippen LogP) is 3.41. The highest BCUT2D eigenvalue weighted by molar-refractivity contribution is 5.02. The van der Waals surface area contributed by atoms with E-state index in [0.717, 1.165) is 31.2 Å². The second kappa shape index (κ2) is 6.56. The summed E-state index contributed by atoms with van der Waals surface area (Å²) in [5.41, 5.74) is 7.19. The van der Waals surface area contributed by atoms with Crippen LogP contribution >= 0.6 is 0 Å². The maximum Gasteiger partial charge on any atom is 0.0627 e. The van der Waals surface area contributed by atoms with E-state index in [1.807, 2.05) is 0 Å². The first-order valence-corrected chi connectivity index (χ1v) is 7.88. The second-order valence-electron chi connectivity index (χ2n) is 6.42. The third kappa shape index (κ3) is 3.59. The fourth-order valence-corrected chi connectivity index (χ4v) is 3.31. The van der Waals surface area contributed by atoms with Crippen molar-refractivity contribution in [2.24, 2.45) is 23.5 Å². The van der Waals surface area contributed by atoms with Crippen molar-refractivity contribution in [3.63, 3.8) is 0 Å². The normalized spacial score (nSPS) is 29.4. The number of hydrogen-bond donors (Lipinski definition) is 1. The van der Waals surface area contributed by atoms with Crippen LogP contribution in [0.5, 0.6) is 0 Å². The summed E-state index contributed by atoms with van der Waals surface area (Å²) in [5, 5.41) is 4.74. The summed E-state index contributed by atoms with van der Waals surface area (Å²) in [5.74, 6) is 2.28. The second-order valence-corrected chi connectivity index (χ2v) is 6.42. The minimum absolute atomic E-state index is 0.504. The summed E-state index contributed by atoms with van der Waals surface area (Å²) in [6, 6.07) is 2.70. The summed E-state index contributed by atoms with van der Waals surface area (Å²) in [7, 11) is 0. The van der Waals surface area contributed by atoms with Crippen molar-refractivity contribution in [1.29, 1.82) is 0 Å². The van der Waals surface area contributed by atoms with E-state index < -0.39 is 0 Å². The van der Waals surface area contributed by atoms with Gasteiger partial charge in [-0.05, 0) is 63.0 Å². The monoisotopic (exact) mass is 263 g/mol. The molecule has 0 amide bonds. The van der Waals surface area contributed by atoms with Crippen LogP contribution in [0.3, 0.4) is 0 Å². The van der Waals surface area contributed by atoms with Gasteiger partial charge in [0.05, 0.1) is 5.69 Å². The number of nitrogens with zero attached hydrogens (tertiary/aromatic N) is 2. The van der Waals surface area contributed by atoms with Gasteiger partial charge in [0.1, 0.15) is 0 Å². The van der Waals surface area contributed by atoms with Gasteiger partial charge in [-0.15, -0.1) is 0 Å². The SMILES string of the molecule is CCC(C)n1ccc(CC2CC(C)CCC2CN)n1. The van der Waals surface area contributed by atoms with Crippen LogP contribution in [-0.4, -0.2) is 16.3 Å². The lowest BCUT2D eigenvalue weighted by Crippen LogP contribution is -2.31. The van der Waals surface area contributed by atoms with Crippen LogP contribution in [0.1, 0.15) is 58.2 Å². The van der Waals surface area contributed by atoms with Crippen LogP contribution in [0.4, 0.5) is 0 Å². The molecule has 0 aromatic carbocycles. The Hall–Kier alpha value is -0.830. The summed E-state index contributed by atoms with van der Waals surface area (Å²) < 4.78 is 2.11. The lowest BCUT2D eigenvalue weighted by atomic mass is 9.73. The molecule has 0 radical (unpaired) electrons. The number of rotatable bonds is 5. The molecule has 2 N–H and O–H groups in total. The van der Waals surface area contributed by atoms with Gasteiger partial charge in [0.2, 0.25) is 0 Å². The molecule has 0 saturated heterocycles. The van der Waals surface area contributed by atoms with Crippen LogP contribution in [0.2, 0.25) is 0 Å². The average Bonchev–Trinajstić information content (AvgIpc) is 2.86. The van der Waals surface area contributed by atoms with E-state index in [0.29, 0.717) is 12.0 Å². The molecule has 3 nitrogen and oxygen atoms in total. The first-order valence-electron chi connectivity index (χ1n) is 7.88. The largest absolute Gasteiger partial charge is 0.330 e. The summed E-state index contributed by atoms with van der Waals surface area (Å²) in [4.78, 5) is 0. The molecule has 1 fully saturated rings. The van der Waals surface area contributed by atoms with Gasteiger partial charge in [-0.1, -0.05) is 20.3 Å². The molecule has 1 heterocycles. The van der Waals surface area contributed by atoms with Gasteiger partial charge in [-0.3, -0.25) is 4.68 Å². The van der Waals surface area contributed by atoms with Crippen LogP contribution in [0, 0.1) is 17.8 Å². The Morgan fingerprint density at radius 3 is 2.89 bits per heavy atom. The van der Waals surface area contributed by atoms with Crippen molar-refractivity contribution in [3.8, 4) is 0 Å². The van der Waals surface area contributed by atoms with E-state index in [1.165, 1.54) is 25.0 Å². The molecular weight excluding hydrogens is 234 g/mol. The Bertz CT molecular complexity index is 385.